The summed E-state index contributed by atoms with van der Waals surface area (Å²) < 4.78 is 1.63. The summed E-state index contributed by atoms with van der Waals surface area (Å²) >= 11 is 12.5. The number of carbonyl (C=O) groups is 1. The predicted octanol–water partition coefficient (Wildman–Crippen LogP) is 6.36. The first-order valence-electron chi connectivity index (χ1n) is 8.99. The maximum absolute atomic E-state index is 12.4. The molecule has 3 rings (SSSR count). The Kier molecular flexibility index (Phi) is 6.54. The summed E-state index contributed by atoms with van der Waals surface area (Å²) in [5.74, 6) is 0.530. The van der Waals surface area contributed by atoms with E-state index in [9.17, 15) is 4.79 Å². The van der Waals surface area contributed by atoms with Crippen molar-refractivity contribution in [3.8, 4) is 16.9 Å². The molecule has 0 atom stereocenters. The molecule has 0 unspecified atom stereocenters. The molecule has 1 amide bonds. The van der Waals surface area contributed by atoms with Crippen LogP contribution in [-0.4, -0.2) is 15.7 Å². The van der Waals surface area contributed by atoms with Crippen molar-refractivity contribution in [2.24, 2.45) is 0 Å². The van der Waals surface area contributed by atoms with Crippen LogP contribution >= 0.6 is 23.2 Å². The van der Waals surface area contributed by atoms with Gasteiger partial charge in [0, 0.05) is 23.1 Å². The van der Waals surface area contributed by atoms with Gasteiger partial charge in [-0.05, 0) is 24.6 Å². The van der Waals surface area contributed by atoms with Crippen LogP contribution < -0.4 is 5.32 Å². The van der Waals surface area contributed by atoms with Crippen LogP contribution in [0.15, 0.2) is 54.6 Å². The second-order valence-electron chi connectivity index (χ2n) is 6.29. The maximum atomic E-state index is 12.4. The standard InChI is InChI=1S/C21H21Cl2N3O/c1-2-3-5-10-21(27)24-20-14-18(15-8-6-4-7-9-15)25-26(20)19-13-16(22)11-12-17(19)23/h4,6-9,11-14H,2-3,5,10H2,1H3,(H,24,27). The average molecular weight is 402 g/mol. The Bertz CT molecular complexity index is 922. The van der Waals surface area contributed by atoms with E-state index in [2.05, 4.69) is 17.3 Å². The lowest BCUT2D eigenvalue weighted by atomic mass is 10.1. The fraction of sp³-hybridized carbons (Fsp3) is 0.238. The number of carbonyl (C=O) groups excluding carboxylic acids is 1. The van der Waals surface area contributed by atoms with Gasteiger partial charge in [-0.25, -0.2) is 4.68 Å². The highest BCUT2D eigenvalue weighted by Crippen LogP contribution is 2.30. The van der Waals surface area contributed by atoms with Crippen LogP contribution in [0.25, 0.3) is 16.9 Å². The molecule has 0 aliphatic heterocycles. The zero-order valence-electron chi connectivity index (χ0n) is 15.1. The van der Waals surface area contributed by atoms with E-state index in [1.54, 1.807) is 22.9 Å². The van der Waals surface area contributed by atoms with Gasteiger partial charge in [0.15, 0.2) is 0 Å². The first-order chi connectivity index (χ1) is 13.1. The third-order valence-corrected chi connectivity index (χ3v) is 4.74. The lowest BCUT2D eigenvalue weighted by Gasteiger charge is -2.10. The monoisotopic (exact) mass is 401 g/mol. The smallest absolute Gasteiger partial charge is 0.225 e. The van der Waals surface area contributed by atoms with Gasteiger partial charge in [0.1, 0.15) is 5.82 Å². The average Bonchev–Trinajstić information content (AvgIpc) is 3.08. The van der Waals surface area contributed by atoms with Crippen LogP contribution in [-0.2, 0) is 4.79 Å². The molecule has 140 valence electrons. The van der Waals surface area contributed by atoms with E-state index in [0.29, 0.717) is 28.0 Å². The van der Waals surface area contributed by atoms with Crippen molar-refractivity contribution >= 4 is 34.9 Å². The Morgan fingerprint density at radius 1 is 1.07 bits per heavy atom. The number of unbranched alkanes of at least 4 members (excludes halogenated alkanes) is 2. The number of aromatic nitrogens is 2. The van der Waals surface area contributed by atoms with E-state index in [4.69, 9.17) is 23.2 Å². The summed E-state index contributed by atoms with van der Waals surface area (Å²) in [5, 5.41) is 8.68. The minimum atomic E-state index is -0.0395. The number of halogens is 2. The third kappa shape index (κ3) is 4.90. The van der Waals surface area contributed by atoms with Gasteiger partial charge in [-0.15, -0.1) is 0 Å². The van der Waals surface area contributed by atoms with E-state index >= 15 is 0 Å². The van der Waals surface area contributed by atoms with Crippen molar-refractivity contribution < 1.29 is 4.79 Å². The van der Waals surface area contributed by atoms with Crippen molar-refractivity contribution in [2.45, 2.75) is 32.6 Å². The predicted molar refractivity (Wildman–Crippen MR) is 112 cm³/mol. The lowest BCUT2D eigenvalue weighted by Crippen LogP contribution is -2.14. The molecular formula is C21H21Cl2N3O. The SMILES string of the molecule is CCCCCC(=O)Nc1cc(-c2ccccc2)nn1-c1cc(Cl)ccc1Cl. The van der Waals surface area contributed by atoms with Gasteiger partial charge in [-0.3, -0.25) is 4.79 Å². The Morgan fingerprint density at radius 2 is 1.85 bits per heavy atom. The van der Waals surface area contributed by atoms with E-state index < -0.39 is 0 Å². The third-order valence-electron chi connectivity index (χ3n) is 4.19. The quantitative estimate of drug-likeness (QED) is 0.467. The van der Waals surface area contributed by atoms with Gasteiger partial charge >= 0.3 is 0 Å². The van der Waals surface area contributed by atoms with Crippen molar-refractivity contribution in [1.29, 1.82) is 0 Å². The fourth-order valence-electron chi connectivity index (χ4n) is 2.79. The molecule has 2 aromatic carbocycles. The van der Waals surface area contributed by atoms with Gasteiger partial charge in [0.05, 0.1) is 16.4 Å². The minimum absolute atomic E-state index is 0.0395. The van der Waals surface area contributed by atoms with Crippen LogP contribution in [0.3, 0.4) is 0 Å². The molecule has 1 N–H and O–H groups in total. The Balaban J connectivity index is 1.98. The van der Waals surface area contributed by atoms with Crippen LogP contribution in [0.4, 0.5) is 5.82 Å². The summed E-state index contributed by atoms with van der Waals surface area (Å²) in [5.41, 5.74) is 2.32. The fourth-order valence-corrected chi connectivity index (χ4v) is 3.16. The minimum Gasteiger partial charge on any atom is -0.311 e. The highest BCUT2D eigenvalue weighted by Gasteiger charge is 2.16. The molecule has 0 spiro atoms. The number of nitrogens with one attached hydrogen (secondary N) is 1. The molecule has 3 aromatic rings. The number of amides is 1. The van der Waals surface area contributed by atoms with Gasteiger partial charge < -0.3 is 5.32 Å². The summed E-state index contributed by atoms with van der Waals surface area (Å²) in [7, 11) is 0. The Morgan fingerprint density at radius 3 is 2.59 bits per heavy atom. The molecule has 4 nitrogen and oxygen atoms in total. The van der Waals surface area contributed by atoms with Gasteiger partial charge in [0.2, 0.25) is 5.91 Å². The Hall–Kier alpha value is -2.30. The van der Waals surface area contributed by atoms with Crippen LogP contribution in [0.2, 0.25) is 10.0 Å². The van der Waals surface area contributed by atoms with Crippen LogP contribution in [0.5, 0.6) is 0 Å². The number of nitrogens with zero attached hydrogens (tertiary/aromatic N) is 2. The molecule has 0 bridgehead atoms. The molecule has 27 heavy (non-hydrogen) atoms. The van der Waals surface area contributed by atoms with E-state index in [1.807, 2.05) is 36.4 Å². The maximum Gasteiger partial charge on any atom is 0.225 e. The van der Waals surface area contributed by atoms with E-state index in [0.717, 1.165) is 30.5 Å². The Labute approximate surface area is 169 Å². The summed E-state index contributed by atoms with van der Waals surface area (Å²) in [4.78, 5) is 12.4. The molecule has 0 radical (unpaired) electrons. The van der Waals surface area contributed by atoms with Crippen LogP contribution in [0, 0.1) is 0 Å². The second kappa shape index (κ2) is 9.07. The molecule has 0 saturated carbocycles. The zero-order valence-corrected chi connectivity index (χ0v) is 16.6. The van der Waals surface area contributed by atoms with Crippen LogP contribution in [0.1, 0.15) is 32.6 Å². The highest BCUT2D eigenvalue weighted by atomic mass is 35.5. The first kappa shape index (κ1) is 19.5. The molecule has 0 saturated heterocycles. The largest absolute Gasteiger partial charge is 0.311 e. The van der Waals surface area contributed by atoms with Crippen molar-refractivity contribution in [3.63, 3.8) is 0 Å². The highest BCUT2D eigenvalue weighted by molar-refractivity contribution is 6.34. The summed E-state index contributed by atoms with van der Waals surface area (Å²) in [6.45, 7) is 2.11. The molecular weight excluding hydrogens is 381 g/mol. The zero-order chi connectivity index (χ0) is 19.2. The molecule has 0 fully saturated rings. The van der Waals surface area contributed by atoms with Crippen molar-refractivity contribution in [1.82, 2.24) is 9.78 Å². The molecule has 1 heterocycles. The first-order valence-corrected chi connectivity index (χ1v) is 9.75. The van der Waals surface area contributed by atoms with Gasteiger partial charge in [-0.2, -0.15) is 5.10 Å². The van der Waals surface area contributed by atoms with E-state index in [-0.39, 0.29) is 5.91 Å². The number of hydrogen-bond acceptors (Lipinski definition) is 2. The van der Waals surface area contributed by atoms with E-state index in [1.165, 1.54) is 0 Å². The molecule has 0 aliphatic carbocycles. The summed E-state index contributed by atoms with van der Waals surface area (Å²) in [6.07, 6.45) is 3.44. The van der Waals surface area contributed by atoms with Crippen molar-refractivity contribution in [2.75, 3.05) is 5.32 Å². The van der Waals surface area contributed by atoms with Gasteiger partial charge in [-0.1, -0.05) is 73.3 Å². The number of benzene rings is 2. The van der Waals surface area contributed by atoms with Crippen molar-refractivity contribution in [3.05, 3.63) is 64.6 Å². The second-order valence-corrected chi connectivity index (χ2v) is 7.14. The number of anilines is 1. The lowest BCUT2D eigenvalue weighted by molar-refractivity contribution is -0.116. The number of rotatable bonds is 7. The molecule has 1 aromatic heterocycles. The number of hydrogen-bond donors (Lipinski definition) is 1. The topological polar surface area (TPSA) is 46.9 Å². The normalized spacial score (nSPS) is 10.8. The summed E-state index contributed by atoms with van der Waals surface area (Å²) in [6, 6.07) is 16.8. The molecule has 0 aliphatic rings. The molecule has 6 heteroatoms. The van der Waals surface area contributed by atoms with Gasteiger partial charge in [0.25, 0.3) is 0 Å².